The molecule has 0 amide bonds. The molecule has 5 heteroatoms. The van der Waals surface area contributed by atoms with Gasteiger partial charge in [0.05, 0.1) is 5.92 Å². The zero-order valence-corrected chi connectivity index (χ0v) is 12.6. The van der Waals surface area contributed by atoms with Crippen molar-refractivity contribution in [3.63, 3.8) is 0 Å². The average molecular weight is 317 g/mol. The summed E-state index contributed by atoms with van der Waals surface area (Å²) in [7, 11) is 0. The first-order valence-electron chi connectivity index (χ1n) is 7.09. The smallest absolute Gasteiger partial charge is 0.307 e. The summed E-state index contributed by atoms with van der Waals surface area (Å²) in [6.45, 7) is 0.438. The van der Waals surface area contributed by atoms with E-state index in [2.05, 4.69) is 0 Å². The molecule has 3 rings (SSSR count). The summed E-state index contributed by atoms with van der Waals surface area (Å²) >= 11 is 6.05. The third kappa shape index (κ3) is 2.67. The summed E-state index contributed by atoms with van der Waals surface area (Å²) in [4.78, 5) is 11.6. The minimum atomic E-state index is -0.799. The van der Waals surface area contributed by atoms with E-state index >= 15 is 0 Å². The largest absolute Gasteiger partial charge is 0.481 e. The molecule has 114 valence electrons. The molecule has 1 saturated carbocycles. The molecule has 0 radical (unpaired) electrons. The summed E-state index contributed by atoms with van der Waals surface area (Å²) < 4.78 is 0. The molecule has 5 N–H and O–H groups in total. The van der Waals surface area contributed by atoms with Crippen LogP contribution in [-0.4, -0.2) is 11.1 Å². The normalized spacial score (nSPS) is 23.3. The fourth-order valence-corrected chi connectivity index (χ4v) is 3.46. The van der Waals surface area contributed by atoms with E-state index in [0.29, 0.717) is 17.3 Å². The Morgan fingerprint density at radius 1 is 1.14 bits per heavy atom. The molecule has 0 spiro atoms. The number of benzene rings is 2. The van der Waals surface area contributed by atoms with Gasteiger partial charge < -0.3 is 16.6 Å². The van der Waals surface area contributed by atoms with Crippen LogP contribution in [-0.2, 0) is 11.3 Å². The van der Waals surface area contributed by atoms with Gasteiger partial charge in [-0.2, -0.15) is 0 Å². The summed E-state index contributed by atoms with van der Waals surface area (Å²) in [6.07, 6.45) is 0. The molecule has 0 saturated heterocycles. The summed E-state index contributed by atoms with van der Waals surface area (Å²) in [5.41, 5.74) is 14.9. The van der Waals surface area contributed by atoms with Gasteiger partial charge in [-0.1, -0.05) is 35.9 Å². The topological polar surface area (TPSA) is 89.3 Å². The number of nitrogens with two attached hydrogens (primary N) is 2. The van der Waals surface area contributed by atoms with Crippen molar-refractivity contribution < 1.29 is 9.90 Å². The van der Waals surface area contributed by atoms with Gasteiger partial charge in [-0.3, -0.25) is 4.79 Å². The van der Waals surface area contributed by atoms with Gasteiger partial charge in [0.25, 0.3) is 0 Å². The molecule has 1 aliphatic rings. The third-order valence-corrected chi connectivity index (χ3v) is 4.42. The van der Waals surface area contributed by atoms with Crippen molar-refractivity contribution in [2.24, 2.45) is 11.7 Å². The van der Waals surface area contributed by atoms with Crippen molar-refractivity contribution in [1.29, 1.82) is 0 Å². The van der Waals surface area contributed by atoms with E-state index in [1.54, 1.807) is 18.2 Å². The summed E-state index contributed by atoms with van der Waals surface area (Å²) in [5.74, 6) is -1.43. The Morgan fingerprint density at radius 2 is 1.86 bits per heavy atom. The van der Waals surface area contributed by atoms with Crippen LogP contribution < -0.4 is 11.5 Å². The van der Waals surface area contributed by atoms with Crippen LogP contribution in [0.15, 0.2) is 42.5 Å². The molecule has 4 nitrogen and oxygen atoms in total. The van der Waals surface area contributed by atoms with Crippen LogP contribution in [0.4, 0.5) is 5.69 Å². The van der Waals surface area contributed by atoms with E-state index in [0.717, 1.165) is 16.7 Å². The van der Waals surface area contributed by atoms with Gasteiger partial charge in [0, 0.05) is 29.1 Å². The monoisotopic (exact) mass is 316 g/mol. The molecule has 1 fully saturated rings. The fourth-order valence-electron chi connectivity index (χ4n) is 3.20. The first-order chi connectivity index (χ1) is 10.5. The number of hydrogen-bond acceptors (Lipinski definition) is 3. The number of hydrogen-bond donors (Lipinski definition) is 3. The van der Waals surface area contributed by atoms with Crippen LogP contribution in [0.25, 0.3) is 0 Å². The van der Waals surface area contributed by atoms with Gasteiger partial charge in [0.1, 0.15) is 0 Å². The van der Waals surface area contributed by atoms with Crippen molar-refractivity contribution in [2.75, 3.05) is 5.73 Å². The highest BCUT2D eigenvalue weighted by Gasteiger charge is 2.56. The predicted octanol–water partition coefficient (Wildman–Crippen LogP) is 2.96. The van der Waals surface area contributed by atoms with Crippen molar-refractivity contribution in [1.82, 2.24) is 0 Å². The second kappa shape index (κ2) is 5.63. The molecule has 0 aromatic heterocycles. The van der Waals surface area contributed by atoms with Crippen LogP contribution in [0, 0.1) is 5.92 Å². The molecule has 2 aromatic carbocycles. The Bertz CT molecular complexity index is 712. The molecule has 1 aliphatic carbocycles. The van der Waals surface area contributed by atoms with Crippen LogP contribution in [0.5, 0.6) is 0 Å². The number of nitrogen functional groups attached to an aromatic ring is 1. The van der Waals surface area contributed by atoms with Crippen molar-refractivity contribution in [2.45, 2.75) is 18.4 Å². The molecular weight excluding hydrogens is 300 g/mol. The Balaban J connectivity index is 1.98. The maximum absolute atomic E-state index is 11.6. The second-order valence-corrected chi connectivity index (χ2v) is 6.12. The minimum Gasteiger partial charge on any atom is -0.481 e. The highest BCUT2D eigenvalue weighted by molar-refractivity contribution is 6.30. The van der Waals surface area contributed by atoms with Gasteiger partial charge in [-0.15, -0.1) is 0 Å². The number of carbonyl (C=O) groups is 1. The summed E-state index contributed by atoms with van der Waals surface area (Å²) in [5, 5.41) is 10.0. The number of carboxylic acids is 1. The fraction of sp³-hybridized carbons (Fsp3) is 0.235. The lowest BCUT2D eigenvalue weighted by atomic mass is 10.0. The molecule has 3 atom stereocenters. The lowest BCUT2D eigenvalue weighted by molar-refractivity contribution is -0.138. The lowest BCUT2D eigenvalue weighted by Crippen LogP contribution is -2.01. The van der Waals surface area contributed by atoms with E-state index in [4.69, 9.17) is 23.1 Å². The Morgan fingerprint density at radius 3 is 2.50 bits per heavy atom. The van der Waals surface area contributed by atoms with Crippen molar-refractivity contribution in [3.8, 4) is 0 Å². The molecule has 0 bridgehead atoms. The predicted molar refractivity (Wildman–Crippen MR) is 86.8 cm³/mol. The molecule has 0 unspecified atom stereocenters. The first kappa shape index (κ1) is 14.9. The maximum Gasteiger partial charge on any atom is 0.307 e. The van der Waals surface area contributed by atoms with E-state index in [-0.39, 0.29) is 11.8 Å². The zero-order chi connectivity index (χ0) is 15.9. The Kier molecular flexibility index (Phi) is 3.81. The number of carboxylic acid groups (broad SMARTS) is 1. The average Bonchev–Trinajstić information content (AvgIpc) is 3.22. The highest BCUT2D eigenvalue weighted by Crippen LogP contribution is 2.61. The molecule has 0 heterocycles. The number of halogens is 1. The number of anilines is 1. The SMILES string of the molecule is NCc1cccc([C@@H]2[C@H](C(=O)O)[C@H]2c2cc(N)cc(Cl)c2)c1. The molecule has 0 aliphatic heterocycles. The van der Waals surface area contributed by atoms with Gasteiger partial charge in [-0.05, 0) is 34.9 Å². The standard InChI is InChI=1S/C17H17ClN2O2/c18-12-5-11(6-13(20)7-12)15-14(16(15)17(21)22)10-3-1-2-9(4-10)8-19/h1-7,14-16H,8,19-20H2,(H,21,22)/t14-,15-,16-/m0/s1. The van der Waals surface area contributed by atoms with Crippen LogP contribution >= 0.6 is 11.6 Å². The van der Waals surface area contributed by atoms with Crippen molar-refractivity contribution >= 4 is 23.3 Å². The lowest BCUT2D eigenvalue weighted by Gasteiger charge is -2.05. The quantitative estimate of drug-likeness (QED) is 0.756. The zero-order valence-electron chi connectivity index (χ0n) is 11.9. The van der Waals surface area contributed by atoms with Crippen LogP contribution in [0.3, 0.4) is 0 Å². The van der Waals surface area contributed by atoms with Crippen molar-refractivity contribution in [3.05, 3.63) is 64.2 Å². The van der Waals surface area contributed by atoms with Crippen LogP contribution in [0.2, 0.25) is 5.02 Å². The number of aliphatic carboxylic acids is 1. The third-order valence-electron chi connectivity index (χ3n) is 4.20. The van der Waals surface area contributed by atoms with Gasteiger partial charge in [-0.25, -0.2) is 0 Å². The second-order valence-electron chi connectivity index (χ2n) is 5.68. The van der Waals surface area contributed by atoms with E-state index in [9.17, 15) is 9.90 Å². The number of rotatable bonds is 4. The molecule has 2 aromatic rings. The van der Waals surface area contributed by atoms with E-state index < -0.39 is 11.9 Å². The minimum absolute atomic E-state index is 0.0677. The van der Waals surface area contributed by atoms with Gasteiger partial charge in [0.15, 0.2) is 0 Å². The van der Waals surface area contributed by atoms with E-state index in [1.165, 1.54) is 0 Å². The molecular formula is C17H17ClN2O2. The van der Waals surface area contributed by atoms with E-state index in [1.807, 2.05) is 24.3 Å². The summed E-state index contributed by atoms with van der Waals surface area (Å²) in [6, 6.07) is 13.0. The highest BCUT2D eigenvalue weighted by atomic mass is 35.5. The van der Waals surface area contributed by atoms with Gasteiger partial charge in [0.2, 0.25) is 0 Å². The first-order valence-corrected chi connectivity index (χ1v) is 7.46. The maximum atomic E-state index is 11.6. The molecule has 22 heavy (non-hydrogen) atoms. The van der Waals surface area contributed by atoms with Crippen LogP contribution in [0.1, 0.15) is 28.5 Å². The Labute approximate surface area is 133 Å². The van der Waals surface area contributed by atoms with Gasteiger partial charge >= 0.3 is 5.97 Å². The Hall–Kier alpha value is -2.04.